The molecule has 0 aliphatic heterocycles. The number of rotatable bonds is 7. The highest BCUT2D eigenvalue weighted by molar-refractivity contribution is 5.94. The summed E-state index contributed by atoms with van der Waals surface area (Å²) in [7, 11) is 1.88. The fourth-order valence-corrected chi connectivity index (χ4v) is 2.56. The van der Waals surface area contributed by atoms with Crippen LogP contribution in [0.4, 0.5) is 10.1 Å². The zero-order valence-corrected chi connectivity index (χ0v) is 14.6. The lowest BCUT2D eigenvalue weighted by atomic mass is 10.1. The molecule has 2 aromatic carbocycles. The second-order valence-corrected chi connectivity index (χ2v) is 6.09. The van der Waals surface area contributed by atoms with Crippen LogP contribution in [0.5, 0.6) is 0 Å². The maximum Gasteiger partial charge on any atom is 0.241 e. The second-order valence-electron chi connectivity index (χ2n) is 6.09. The summed E-state index contributed by atoms with van der Waals surface area (Å²) in [5, 5.41) is 8.83. The van der Waals surface area contributed by atoms with Crippen molar-refractivity contribution < 1.29 is 9.18 Å². The highest BCUT2D eigenvalue weighted by Gasteiger charge is 2.17. The molecule has 2 aromatic rings. The minimum absolute atomic E-state index is 0.114. The van der Waals surface area contributed by atoms with Crippen molar-refractivity contribution in [2.45, 2.75) is 19.9 Å². The summed E-state index contributed by atoms with van der Waals surface area (Å²) in [6, 6.07) is 16.0. The van der Waals surface area contributed by atoms with Crippen molar-refractivity contribution >= 4 is 11.6 Å². The second kappa shape index (κ2) is 8.95. The van der Waals surface area contributed by atoms with Crippen LogP contribution in [0.15, 0.2) is 48.5 Å². The molecule has 1 amide bonds. The number of likely N-dealkylation sites (N-methyl/N-ethyl adjacent to an activating group) is 1. The Morgan fingerprint density at radius 3 is 2.36 bits per heavy atom. The molecule has 0 heterocycles. The van der Waals surface area contributed by atoms with Crippen LogP contribution in [0.1, 0.15) is 17.5 Å². The number of anilines is 1. The maximum absolute atomic E-state index is 13.1. The van der Waals surface area contributed by atoms with Crippen molar-refractivity contribution in [3.63, 3.8) is 0 Å². The molecule has 130 valence electrons. The molecule has 0 aliphatic rings. The largest absolute Gasteiger partial charge is 0.310 e. The van der Waals surface area contributed by atoms with E-state index in [2.05, 4.69) is 6.07 Å². The van der Waals surface area contributed by atoms with Gasteiger partial charge in [-0.3, -0.25) is 9.69 Å². The summed E-state index contributed by atoms with van der Waals surface area (Å²) in [5.41, 5.74) is 2.93. The van der Waals surface area contributed by atoms with Gasteiger partial charge in [0.1, 0.15) is 5.82 Å². The van der Waals surface area contributed by atoms with Gasteiger partial charge in [0, 0.05) is 18.8 Å². The SMILES string of the molecule is Cc1ccc(CN(C)CC(=O)N(CCC#N)c2ccc(F)cc2)cc1. The first kappa shape index (κ1) is 18.6. The number of benzene rings is 2. The van der Waals surface area contributed by atoms with E-state index in [1.165, 1.54) is 22.6 Å². The number of hydrogen-bond donors (Lipinski definition) is 0. The number of carbonyl (C=O) groups is 1. The topological polar surface area (TPSA) is 47.3 Å². The van der Waals surface area contributed by atoms with E-state index in [-0.39, 0.29) is 24.7 Å². The van der Waals surface area contributed by atoms with Gasteiger partial charge in [-0.25, -0.2) is 4.39 Å². The molecule has 0 aromatic heterocycles. The van der Waals surface area contributed by atoms with Crippen LogP contribution in [-0.2, 0) is 11.3 Å². The molecule has 0 fully saturated rings. The molecule has 0 saturated carbocycles. The van der Waals surface area contributed by atoms with E-state index in [0.717, 1.165) is 5.56 Å². The Morgan fingerprint density at radius 2 is 1.76 bits per heavy atom. The van der Waals surface area contributed by atoms with Gasteiger partial charge in [0.25, 0.3) is 0 Å². The molecule has 25 heavy (non-hydrogen) atoms. The summed E-state index contributed by atoms with van der Waals surface area (Å²) in [5.74, 6) is -0.468. The molecule has 2 rings (SSSR count). The Kier molecular flexibility index (Phi) is 6.67. The van der Waals surface area contributed by atoms with Crippen LogP contribution >= 0.6 is 0 Å². The van der Waals surface area contributed by atoms with Crippen molar-refractivity contribution in [2.75, 3.05) is 25.0 Å². The number of nitrogens with zero attached hydrogens (tertiary/aromatic N) is 3. The quantitative estimate of drug-likeness (QED) is 0.775. The van der Waals surface area contributed by atoms with Crippen LogP contribution in [0.3, 0.4) is 0 Å². The third kappa shape index (κ3) is 5.70. The highest BCUT2D eigenvalue weighted by atomic mass is 19.1. The van der Waals surface area contributed by atoms with Crippen LogP contribution in [0.25, 0.3) is 0 Å². The van der Waals surface area contributed by atoms with Gasteiger partial charge in [-0.15, -0.1) is 0 Å². The average Bonchev–Trinajstić information content (AvgIpc) is 2.58. The van der Waals surface area contributed by atoms with Gasteiger partial charge < -0.3 is 4.90 Å². The smallest absolute Gasteiger partial charge is 0.241 e. The fraction of sp³-hybridized carbons (Fsp3) is 0.300. The Bertz CT molecular complexity index is 735. The van der Waals surface area contributed by atoms with Gasteiger partial charge >= 0.3 is 0 Å². The van der Waals surface area contributed by atoms with E-state index < -0.39 is 0 Å². The van der Waals surface area contributed by atoms with E-state index in [1.54, 1.807) is 12.1 Å². The number of hydrogen-bond acceptors (Lipinski definition) is 3. The van der Waals surface area contributed by atoms with E-state index >= 15 is 0 Å². The van der Waals surface area contributed by atoms with Crippen LogP contribution in [-0.4, -0.2) is 30.9 Å². The molecular weight excluding hydrogens is 317 g/mol. The predicted octanol–water partition coefficient (Wildman–Crippen LogP) is 3.51. The molecular formula is C20H22FN3O. The minimum atomic E-state index is -0.354. The van der Waals surface area contributed by atoms with Gasteiger partial charge in [-0.2, -0.15) is 5.26 Å². The van der Waals surface area contributed by atoms with Gasteiger partial charge in [-0.05, 0) is 43.8 Å². The van der Waals surface area contributed by atoms with Crippen molar-refractivity contribution in [3.05, 3.63) is 65.5 Å². The summed E-state index contributed by atoms with van der Waals surface area (Å²) in [6.45, 7) is 3.20. The van der Waals surface area contributed by atoms with E-state index in [4.69, 9.17) is 5.26 Å². The van der Waals surface area contributed by atoms with Gasteiger partial charge in [-0.1, -0.05) is 29.8 Å². The van der Waals surface area contributed by atoms with Crippen molar-refractivity contribution in [3.8, 4) is 6.07 Å². The zero-order chi connectivity index (χ0) is 18.2. The average molecular weight is 339 g/mol. The molecule has 4 nitrogen and oxygen atoms in total. The monoisotopic (exact) mass is 339 g/mol. The van der Waals surface area contributed by atoms with Crippen molar-refractivity contribution in [1.82, 2.24) is 4.90 Å². The standard InChI is InChI=1S/C20H22FN3O/c1-16-4-6-17(7-5-16)14-23(2)15-20(25)24(13-3-12-22)19-10-8-18(21)9-11-19/h4-11H,3,13-15H2,1-2H3. The number of halogens is 1. The Balaban J connectivity index is 2.04. The number of carbonyl (C=O) groups excluding carboxylic acids is 1. The summed E-state index contributed by atoms with van der Waals surface area (Å²) in [6.07, 6.45) is 0.227. The van der Waals surface area contributed by atoms with Crippen LogP contribution < -0.4 is 4.90 Å². The lowest BCUT2D eigenvalue weighted by Gasteiger charge is -2.25. The van der Waals surface area contributed by atoms with Crippen molar-refractivity contribution in [2.24, 2.45) is 0 Å². The number of amides is 1. The molecule has 0 unspecified atom stereocenters. The molecule has 0 radical (unpaired) electrons. The molecule has 0 N–H and O–H groups in total. The van der Waals surface area contributed by atoms with E-state index in [1.807, 2.05) is 43.1 Å². The highest BCUT2D eigenvalue weighted by Crippen LogP contribution is 2.16. The first-order valence-corrected chi connectivity index (χ1v) is 8.16. The predicted molar refractivity (Wildman–Crippen MR) is 96.5 cm³/mol. The third-order valence-corrected chi connectivity index (χ3v) is 3.86. The van der Waals surface area contributed by atoms with Gasteiger partial charge in [0.05, 0.1) is 19.0 Å². The summed E-state index contributed by atoms with van der Waals surface area (Å²) in [4.78, 5) is 16.1. The zero-order valence-electron chi connectivity index (χ0n) is 14.6. The first-order chi connectivity index (χ1) is 12.0. The molecule has 0 atom stereocenters. The number of nitriles is 1. The molecule has 0 saturated heterocycles. The molecule has 0 bridgehead atoms. The Hall–Kier alpha value is -2.71. The van der Waals surface area contributed by atoms with Crippen LogP contribution in [0.2, 0.25) is 0 Å². The summed E-state index contributed by atoms with van der Waals surface area (Å²) < 4.78 is 13.1. The lowest BCUT2D eigenvalue weighted by molar-refractivity contribution is -0.119. The van der Waals surface area contributed by atoms with E-state index in [9.17, 15) is 9.18 Å². The third-order valence-electron chi connectivity index (χ3n) is 3.86. The Morgan fingerprint density at radius 1 is 1.12 bits per heavy atom. The fourth-order valence-electron chi connectivity index (χ4n) is 2.56. The minimum Gasteiger partial charge on any atom is -0.310 e. The normalized spacial score (nSPS) is 10.5. The van der Waals surface area contributed by atoms with Crippen molar-refractivity contribution in [1.29, 1.82) is 5.26 Å². The first-order valence-electron chi connectivity index (χ1n) is 8.16. The lowest BCUT2D eigenvalue weighted by Crippen LogP contribution is -2.39. The maximum atomic E-state index is 13.1. The molecule has 0 aliphatic carbocycles. The molecule has 5 heteroatoms. The van der Waals surface area contributed by atoms with Crippen LogP contribution in [0, 0.1) is 24.1 Å². The van der Waals surface area contributed by atoms with E-state index in [0.29, 0.717) is 18.8 Å². The van der Waals surface area contributed by atoms with Gasteiger partial charge in [0.2, 0.25) is 5.91 Å². The summed E-state index contributed by atoms with van der Waals surface area (Å²) >= 11 is 0. The number of aryl methyl sites for hydroxylation is 1. The Labute approximate surface area is 148 Å². The molecule has 0 spiro atoms. The van der Waals surface area contributed by atoms with Gasteiger partial charge in [0.15, 0.2) is 0 Å².